The van der Waals surface area contributed by atoms with E-state index in [4.69, 9.17) is 0 Å². The Morgan fingerprint density at radius 1 is 0.654 bits per heavy atom. The molecule has 0 bridgehead atoms. The van der Waals surface area contributed by atoms with Gasteiger partial charge in [0, 0.05) is 0 Å². The molecule has 1 aromatic rings. The fourth-order valence-corrected chi connectivity index (χ4v) is 3.69. The molecule has 0 spiro atoms. The maximum atomic E-state index is 10.5. The molecule has 0 atom stereocenters. The molecule has 2 heterocycles. The largest absolute Gasteiger partial charge is 0.744 e. The fraction of sp³-hybridized carbons (Fsp3) is 0.625. The van der Waals surface area contributed by atoms with Gasteiger partial charge in [0.25, 0.3) is 0 Å². The van der Waals surface area contributed by atoms with E-state index in [1.807, 2.05) is 0 Å². The number of benzene rings is 1. The number of nitrogens with two attached hydrogens (primary N) is 2. The molecule has 0 radical (unpaired) electrons. The number of quaternary nitrogens is 2. The molecule has 4 N–H and O–H groups in total. The van der Waals surface area contributed by atoms with Gasteiger partial charge >= 0.3 is 0 Å². The lowest BCUT2D eigenvalue weighted by atomic mass is 10.2. The van der Waals surface area contributed by atoms with Crippen molar-refractivity contribution in [2.45, 2.75) is 48.3 Å². The first-order valence-electron chi connectivity index (χ1n) is 8.86. The van der Waals surface area contributed by atoms with Crippen LogP contribution in [0.5, 0.6) is 0 Å². The molecule has 2 aliphatic heterocycles. The minimum absolute atomic E-state index is 0.532. The molecule has 3 rings (SSSR count). The SMILES string of the molecule is C1CC[NH2+]CC1.C1CC[NH2+]CC1.O=S(=O)([O-])c1cccc(S(=O)(=O)[O-])c1. The van der Waals surface area contributed by atoms with Gasteiger partial charge in [-0.15, -0.1) is 0 Å². The Labute approximate surface area is 155 Å². The molecule has 2 saturated heterocycles. The number of hydrogen-bond acceptors (Lipinski definition) is 6. The number of hydrogen-bond donors (Lipinski definition) is 2. The smallest absolute Gasteiger partial charge is 0.124 e. The minimum atomic E-state index is -4.74. The zero-order chi connectivity index (χ0) is 19.5. The summed E-state index contributed by atoms with van der Waals surface area (Å²) in [4.78, 5) is -1.48. The standard InChI is InChI=1S/C6H6O6S2.2C5H11N/c7-13(8,9)5-2-1-3-6(4-5)14(10,11)12;2*1-2-4-6-5-3-1/h1-4H,(H,7,8,9)(H,10,11,12);2*6H,1-5H2. The first kappa shape index (κ1) is 23.0. The van der Waals surface area contributed by atoms with Crippen LogP contribution in [0.15, 0.2) is 34.1 Å². The molecule has 10 heteroatoms. The summed E-state index contributed by atoms with van der Waals surface area (Å²) in [6.07, 6.45) is 8.72. The van der Waals surface area contributed by atoms with E-state index in [1.165, 1.54) is 64.7 Å². The third-order valence-electron chi connectivity index (χ3n) is 4.02. The van der Waals surface area contributed by atoms with Crippen molar-refractivity contribution >= 4 is 20.2 Å². The Balaban J connectivity index is 0.000000230. The van der Waals surface area contributed by atoms with Crippen molar-refractivity contribution < 1.29 is 36.6 Å². The lowest BCUT2D eigenvalue weighted by Crippen LogP contribution is -2.85. The average molecular weight is 409 g/mol. The lowest BCUT2D eigenvalue weighted by molar-refractivity contribution is -0.662. The van der Waals surface area contributed by atoms with E-state index < -0.39 is 30.0 Å². The molecule has 0 saturated carbocycles. The van der Waals surface area contributed by atoms with E-state index >= 15 is 0 Å². The Morgan fingerprint density at radius 3 is 1.19 bits per heavy atom. The normalized spacial score (nSPS) is 17.9. The highest BCUT2D eigenvalue weighted by Gasteiger charge is 2.05. The Bertz CT molecular complexity index is 645. The van der Waals surface area contributed by atoms with Crippen LogP contribution in [0.2, 0.25) is 0 Å². The second-order valence-electron chi connectivity index (χ2n) is 6.24. The number of piperidine rings is 2. The first-order valence-corrected chi connectivity index (χ1v) is 11.7. The van der Waals surface area contributed by atoms with Gasteiger partial charge in [0.1, 0.15) is 20.2 Å². The predicted octanol–water partition coefficient (Wildman–Crippen LogP) is -1.04. The van der Waals surface area contributed by atoms with Gasteiger partial charge in [-0.05, 0) is 56.7 Å². The zero-order valence-electron chi connectivity index (χ0n) is 14.8. The summed E-state index contributed by atoms with van der Waals surface area (Å²) in [6.45, 7) is 5.50. The maximum absolute atomic E-state index is 10.5. The first-order chi connectivity index (χ1) is 12.2. The van der Waals surface area contributed by atoms with Crippen LogP contribution in [0, 0.1) is 0 Å². The summed E-state index contributed by atoms with van der Waals surface area (Å²) in [6, 6.07) is 3.37. The second-order valence-corrected chi connectivity index (χ2v) is 9.00. The van der Waals surface area contributed by atoms with Crippen molar-refractivity contribution in [1.29, 1.82) is 0 Å². The van der Waals surface area contributed by atoms with Gasteiger partial charge in [0.15, 0.2) is 0 Å². The fourth-order valence-electron chi connectivity index (χ4n) is 2.58. The van der Waals surface area contributed by atoms with Crippen molar-refractivity contribution in [1.82, 2.24) is 0 Å². The van der Waals surface area contributed by atoms with E-state index in [1.54, 1.807) is 0 Å². The Hall–Kier alpha value is -1.04. The predicted molar refractivity (Wildman–Crippen MR) is 93.4 cm³/mol. The third kappa shape index (κ3) is 10.2. The van der Waals surface area contributed by atoms with Gasteiger partial charge in [-0.1, -0.05) is 6.07 Å². The summed E-state index contributed by atoms with van der Waals surface area (Å²) in [5, 5.41) is 4.78. The molecular weight excluding hydrogens is 380 g/mol. The monoisotopic (exact) mass is 408 g/mol. The van der Waals surface area contributed by atoms with Gasteiger partial charge in [-0.3, -0.25) is 0 Å². The van der Waals surface area contributed by atoms with Crippen molar-refractivity contribution in [2.24, 2.45) is 0 Å². The van der Waals surface area contributed by atoms with Crippen LogP contribution in [0.4, 0.5) is 0 Å². The highest BCUT2D eigenvalue weighted by molar-refractivity contribution is 7.86. The van der Waals surface area contributed by atoms with Crippen molar-refractivity contribution in [3.8, 4) is 0 Å². The molecular formula is C16H28N2O6S2. The van der Waals surface area contributed by atoms with Gasteiger partial charge < -0.3 is 19.7 Å². The van der Waals surface area contributed by atoms with Crippen LogP contribution < -0.4 is 10.6 Å². The van der Waals surface area contributed by atoms with Crippen LogP contribution in [-0.4, -0.2) is 52.1 Å². The molecule has 26 heavy (non-hydrogen) atoms. The minimum Gasteiger partial charge on any atom is -0.744 e. The zero-order valence-corrected chi connectivity index (χ0v) is 16.4. The summed E-state index contributed by atoms with van der Waals surface area (Å²) < 4.78 is 62.8. The van der Waals surface area contributed by atoms with Gasteiger partial charge in [0.05, 0.1) is 36.0 Å². The Kier molecular flexibility index (Phi) is 10.3. The molecule has 8 nitrogen and oxygen atoms in total. The van der Waals surface area contributed by atoms with Crippen LogP contribution in [0.3, 0.4) is 0 Å². The molecule has 2 fully saturated rings. The van der Waals surface area contributed by atoms with E-state index in [2.05, 4.69) is 10.6 Å². The van der Waals surface area contributed by atoms with Gasteiger partial charge in [-0.2, -0.15) is 0 Å². The van der Waals surface area contributed by atoms with Gasteiger partial charge in [-0.25, -0.2) is 16.8 Å². The van der Waals surface area contributed by atoms with Gasteiger partial charge in [0.2, 0.25) is 0 Å². The lowest BCUT2D eigenvalue weighted by Gasteiger charge is -2.10. The third-order valence-corrected chi connectivity index (χ3v) is 5.68. The average Bonchev–Trinajstić information content (AvgIpc) is 2.64. The van der Waals surface area contributed by atoms with E-state index in [9.17, 15) is 25.9 Å². The Morgan fingerprint density at radius 2 is 1.00 bits per heavy atom. The quantitative estimate of drug-likeness (QED) is 0.597. The molecule has 0 amide bonds. The number of rotatable bonds is 2. The summed E-state index contributed by atoms with van der Waals surface area (Å²) >= 11 is 0. The second kappa shape index (κ2) is 11.6. The highest BCUT2D eigenvalue weighted by atomic mass is 32.2. The molecule has 1 aromatic carbocycles. The van der Waals surface area contributed by atoms with E-state index in [0.29, 0.717) is 6.07 Å². The topological polar surface area (TPSA) is 148 Å². The van der Waals surface area contributed by atoms with Crippen LogP contribution in [-0.2, 0) is 20.2 Å². The van der Waals surface area contributed by atoms with Crippen LogP contribution in [0.25, 0.3) is 0 Å². The summed E-state index contributed by atoms with van der Waals surface area (Å²) in [5.74, 6) is 0. The van der Waals surface area contributed by atoms with Crippen LogP contribution >= 0.6 is 0 Å². The van der Waals surface area contributed by atoms with E-state index in [-0.39, 0.29) is 0 Å². The molecule has 2 aliphatic rings. The van der Waals surface area contributed by atoms with Crippen molar-refractivity contribution in [3.05, 3.63) is 24.3 Å². The van der Waals surface area contributed by atoms with Crippen molar-refractivity contribution in [3.63, 3.8) is 0 Å². The molecule has 0 unspecified atom stereocenters. The summed E-state index contributed by atoms with van der Waals surface area (Å²) in [7, 11) is -9.48. The highest BCUT2D eigenvalue weighted by Crippen LogP contribution is 2.14. The molecule has 150 valence electrons. The van der Waals surface area contributed by atoms with E-state index in [0.717, 1.165) is 18.2 Å². The van der Waals surface area contributed by atoms with Crippen molar-refractivity contribution in [2.75, 3.05) is 26.2 Å². The molecule has 0 aromatic heterocycles. The van der Waals surface area contributed by atoms with Crippen LogP contribution in [0.1, 0.15) is 38.5 Å². The molecule has 0 aliphatic carbocycles. The summed E-state index contributed by atoms with van der Waals surface area (Å²) in [5.41, 5.74) is 0. The maximum Gasteiger partial charge on any atom is 0.124 e.